The molecule has 3 rings (SSSR count). The summed E-state index contributed by atoms with van der Waals surface area (Å²) in [6.07, 6.45) is 0.790. The van der Waals surface area contributed by atoms with Gasteiger partial charge in [0, 0.05) is 15.6 Å². The Morgan fingerprint density at radius 2 is 1.88 bits per heavy atom. The molecule has 1 aromatic heterocycles. The van der Waals surface area contributed by atoms with Crippen LogP contribution in [0.4, 0.5) is 0 Å². The highest BCUT2D eigenvalue weighted by Crippen LogP contribution is 2.26. The van der Waals surface area contributed by atoms with E-state index in [1.807, 2.05) is 6.92 Å². The minimum Gasteiger partial charge on any atom is -0.462 e. The Labute approximate surface area is 165 Å². The molecule has 134 valence electrons. The molecule has 0 fully saturated rings. The molecule has 0 aliphatic heterocycles. The molecule has 3 aromatic rings. The molecule has 2 aromatic carbocycles. The second kappa shape index (κ2) is 8.08. The third-order valence-electron chi connectivity index (χ3n) is 3.46. The molecular weight excluding hydrogens is 397 g/mol. The second-order valence-corrected chi connectivity index (χ2v) is 6.70. The first kappa shape index (κ1) is 18.7. The molecule has 5 nitrogen and oxygen atoms in total. The zero-order valence-electron chi connectivity index (χ0n) is 13.7. The van der Waals surface area contributed by atoms with Crippen molar-refractivity contribution in [2.75, 3.05) is 6.61 Å². The van der Waals surface area contributed by atoms with Crippen molar-refractivity contribution in [3.05, 3.63) is 63.1 Å². The van der Waals surface area contributed by atoms with Gasteiger partial charge in [-0.15, -0.1) is 5.10 Å². The van der Waals surface area contributed by atoms with E-state index in [0.717, 1.165) is 11.1 Å². The molecule has 0 amide bonds. The second-order valence-electron chi connectivity index (χ2n) is 5.42. The van der Waals surface area contributed by atoms with Crippen molar-refractivity contribution in [1.82, 2.24) is 14.8 Å². The van der Waals surface area contributed by atoms with Crippen LogP contribution in [0.25, 0.3) is 11.4 Å². The largest absolute Gasteiger partial charge is 0.462 e. The maximum Gasteiger partial charge on any atom is 0.336 e. The lowest BCUT2D eigenvalue weighted by atomic mass is 10.2. The van der Waals surface area contributed by atoms with E-state index < -0.39 is 5.91 Å². The Morgan fingerprint density at radius 1 is 1.12 bits per heavy atom. The molecule has 0 saturated heterocycles. The van der Waals surface area contributed by atoms with Crippen molar-refractivity contribution >= 4 is 40.7 Å². The SMILES string of the molecule is CCCOc1nc(-c2cccc(Cl)c2)n(C(=O)c2ccc(Cl)cc2Cl)n1. The van der Waals surface area contributed by atoms with Crippen LogP contribution in [0.5, 0.6) is 6.01 Å². The Morgan fingerprint density at radius 3 is 2.58 bits per heavy atom. The summed E-state index contributed by atoms with van der Waals surface area (Å²) in [6, 6.07) is 11.7. The van der Waals surface area contributed by atoms with Crippen LogP contribution in [0.1, 0.15) is 23.7 Å². The summed E-state index contributed by atoms with van der Waals surface area (Å²) in [7, 11) is 0. The molecule has 0 N–H and O–H groups in total. The molecule has 0 atom stereocenters. The number of halogens is 3. The molecule has 0 spiro atoms. The van der Waals surface area contributed by atoms with Crippen LogP contribution in [0.15, 0.2) is 42.5 Å². The third-order valence-corrected chi connectivity index (χ3v) is 4.24. The molecule has 0 aliphatic rings. The minimum atomic E-state index is -0.444. The summed E-state index contributed by atoms with van der Waals surface area (Å²) >= 11 is 18.1. The molecule has 1 heterocycles. The lowest BCUT2D eigenvalue weighted by Crippen LogP contribution is -2.16. The average Bonchev–Trinajstić information content (AvgIpc) is 3.04. The van der Waals surface area contributed by atoms with Crippen LogP contribution in [0.3, 0.4) is 0 Å². The highest BCUT2D eigenvalue weighted by Gasteiger charge is 2.22. The van der Waals surface area contributed by atoms with Crippen molar-refractivity contribution in [3.63, 3.8) is 0 Å². The van der Waals surface area contributed by atoms with Crippen LogP contribution >= 0.6 is 34.8 Å². The summed E-state index contributed by atoms with van der Waals surface area (Å²) in [6.45, 7) is 2.41. The smallest absolute Gasteiger partial charge is 0.336 e. The van der Waals surface area contributed by atoms with E-state index in [0.29, 0.717) is 28.0 Å². The first-order chi connectivity index (χ1) is 12.5. The fourth-order valence-electron chi connectivity index (χ4n) is 2.28. The van der Waals surface area contributed by atoms with Gasteiger partial charge in [-0.05, 0) is 36.8 Å². The quantitative estimate of drug-likeness (QED) is 0.566. The molecule has 26 heavy (non-hydrogen) atoms. The van der Waals surface area contributed by atoms with Crippen molar-refractivity contribution in [3.8, 4) is 17.4 Å². The van der Waals surface area contributed by atoms with Crippen molar-refractivity contribution in [1.29, 1.82) is 0 Å². The standard InChI is InChI=1S/C18H14Cl3N3O2/c1-2-8-26-18-22-16(11-4-3-5-12(19)9-11)24(23-18)17(25)14-7-6-13(20)10-15(14)21/h3-7,9-10H,2,8H2,1H3. The van der Waals surface area contributed by atoms with Gasteiger partial charge in [0.1, 0.15) is 0 Å². The number of carbonyl (C=O) groups excluding carboxylic acids is 1. The summed E-state index contributed by atoms with van der Waals surface area (Å²) in [5, 5.41) is 5.38. The number of nitrogens with zero attached hydrogens (tertiary/aromatic N) is 3. The maximum atomic E-state index is 13.0. The number of aromatic nitrogens is 3. The van der Waals surface area contributed by atoms with Crippen LogP contribution < -0.4 is 4.74 Å². The lowest BCUT2D eigenvalue weighted by molar-refractivity contribution is 0.0945. The Hall–Kier alpha value is -2.08. The van der Waals surface area contributed by atoms with Gasteiger partial charge < -0.3 is 4.74 Å². The topological polar surface area (TPSA) is 57.0 Å². The van der Waals surface area contributed by atoms with Gasteiger partial charge in [-0.25, -0.2) is 0 Å². The summed E-state index contributed by atoms with van der Waals surface area (Å²) in [5.41, 5.74) is 0.890. The normalized spacial score (nSPS) is 10.8. The van der Waals surface area contributed by atoms with E-state index in [-0.39, 0.29) is 16.6 Å². The first-order valence-corrected chi connectivity index (χ1v) is 8.98. The van der Waals surface area contributed by atoms with Crippen molar-refractivity contribution in [2.45, 2.75) is 13.3 Å². The molecule has 0 radical (unpaired) electrons. The molecule has 0 unspecified atom stereocenters. The van der Waals surface area contributed by atoms with E-state index in [2.05, 4.69) is 10.1 Å². The zero-order valence-corrected chi connectivity index (χ0v) is 16.0. The number of carbonyl (C=O) groups is 1. The fourth-order valence-corrected chi connectivity index (χ4v) is 2.96. The molecular formula is C18H14Cl3N3O2. The highest BCUT2D eigenvalue weighted by atomic mass is 35.5. The van der Waals surface area contributed by atoms with Gasteiger partial charge >= 0.3 is 6.01 Å². The monoisotopic (exact) mass is 409 g/mol. The predicted molar refractivity (Wildman–Crippen MR) is 102 cm³/mol. The van der Waals surface area contributed by atoms with Crippen LogP contribution in [-0.4, -0.2) is 27.3 Å². The predicted octanol–water partition coefficient (Wildman–Crippen LogP) is 5.38. The average molecular weight is 411 g/mol. The van der Waals surface area contributed by atoms with Gasteiger partial charge in [0.2, 0.25) is 0 Å². The van der Waals surface area contributed by atoms with Gasteiger partial charge in [-0.1, -0.05) is 53.9 Å². The van der Waals surface area contributed by atoms with Crippen LogP contribution in [0, 0.1) is 0 Å². The summed E-state index contributed by atoms with van der Waals surface area (Å²) in [5.74, 6) is -0.130. The van der Waals surface area contributed by atoms with E-state index in [9.17, 15) is 4.79 Å². The Kier molecular flexibility index (Phi) is 5.81. The van der Waals surface area contributed by atoms with Crippen molar-refractivity contribution < 1.29 is 9.53 Å². The third kappa shape index (κ3) is 4.01. The van der Waals surface area contributed by atoms with Gasteiger partial charge in [-0.3, -0.25) is 4.79 Å². The van der Waals surface area contributed by atoms with Crippen LogP contribution in [-0.2, 0) is 0 Å². The molecule has 8 heteroatoms. The minimum absolute atomic E-state index is 0.111. The van der Waals surface area contributed by atoms with Crippen LogP contribution in [0.2, 0.25) is 15.1 Å². The number of hydrogen-bond acceptors (Lipinski definition) is 4. The van der Waals surface area contributed by atoms with Gasteiger partial charge in [0.15, 0.2) is 5.82 Å². The molecule has 0 bridgehead atoms. The number of ether oxygens (including phenoxy) is 1. The van der Waals surface area contributed by atoms with E-state index in [1.165, 1.54) is 6.07 Å². The number of hydrogen-bond donors (Lipinski definition) is 0. The zero-order chi connectivity index (χ0) is 18.7. The maximum absolute atomic E-state index is 13.0. The van der Waals surface area contributed by atoms with Gasteiger partial charge in [0.25, 0.3) is 5.91 Å². The molecule has 0 saturated carbocycles. The summed E-state index contributed by atoms with van der Waals surface area (Å²) in [4.78, 5) is 17.3. The molecule has 0 aliphatic carbocycles. The van der Waals surface area contributed by atoms with Gasteiger partial charge in [0.05, 0.1) is 17.2 Å². The Bertz CT molecular complexity index is 957. The summed E-state index contributed by atoms with van der Waals surface area (Å²) < 4.78 is 6.64. The van der Waals surface area contributed by atoms with E-state index in [4.69, 9.17) is 39.5 Å². The van der Waals surface area contributed by atoms with Gasteiger partial charge in [-0.2, -0.15) is 9.67 Å². The number of rotatable bonds is 5. The lowest BCUT2D eigenvalue weighted by Gasteiger charge is -2.07. The Balaban J connectivity index is 2.09. The van der Waals surface area contributed by atoms with E-state index in [1.54, 1.807) is 36.4 Å². The number of benzene rings is 2. The first-order valence-electron chi connectivity index (χ1n) is 7.85. The highest BCUT2D eigenvalue weighted by molar-refractivity contribution is 6.36. The van der Waals surface area contributed by atoms with E-state index >= 15 is 0 Å². The van der Waals surface area contributed by atoms with Crippen molar-refractivity contribution in [2.24, 2.45) is 0 Å². The fraction of sp³-hybridized carbons (Fsp3) is 0.167.